The summed E-state index contributed by atoms with van der Waals surface area (Å²) in [6.45, 7) is 0.532. The maximum Gasteiger partial charge on any atom is 0.214 e. The summed E-state index contributed by atoms with van der Waals surface area (Å²) in [4.78, 5) is 0. The van der Waals surface area contributed by atoms with Crippen LogP contribution in [0.1, 0.15) is 5.56 Å². The zero-order valence-electron chi connectivity index (χ0n) is 11.5. The molecule has 0 atom stereocenters. The van der Waals surface area contributed by atoms with Crippen molar-refractivity contribution >= 4 is 12.2 Å². The average Bonchev–Trinajstić information content (AvgIpc) is 2.89. The molecule has 7 nitrogen and oxygen atoms in total. The summed E-state index contributed by atoms with van der Waals surface area (Å²) in [7, 11) is 4.74. The van der Waals surface area contributed by atoms with Crippen molar-refractivity contribution in [1.82, 2.24) is 14.9 Å². The van der Waals surface area contributed by atoms with E-state index in [-0.39, 0.29) is 0 Å². The predicted molar refractivity (Wildman–Crippen MR) is 76.6 cm³/mol. The van der Waals surface area contributed by atoms with Crippen molar-refractivity contribution in [3.63, 3.8) is 0 Å². The van der Waals surface area contributed by atoms with Crippen LogP contribution in [0.2, 0.25) is 0 Å². The SMILES string of the molecule is COc1cc(CNn2cn[nH]c2=S)cc(OC)c1OC. The largest absolute Gasteiger partial charge is 0.493 e. The third kappa shape index (κ3) is 2.85. The summed E-state index contributed by atoms with van der Waals surface area (Å²) in [6, 6.07) is 3.75. The van der Waals surface area contributed by atoms with E-state index < -0.39 is 0 Å². The van der Waals surface area contributed by atoms with Gasteiger partial charge in [-0.15, -0.1) is 0 Å². The first-order valence-electron chi connectivity index (χ1n) is 5.84. The molecule has 0 aliphatic rings. The van der Waals surface area contributed by atoms with Crippen LogP contribution in [0.5, 0.6) is 17.2 Å². The molecular weight excluding hydrogens is 280 g/mol. The summed E-state index contributed by atoms with van der Waals surface area (Å²) in [5.74, 6) is 1.79. The second-order valence-corrected chi connectivity index (χ2v) is 4.29. The van der Waals surface area contributed by atoms with Crippen molar-refractivity contribution in [1.29, 1.82) is 0 Å². The van der Waals surface area contributed by atoms with Gasteiger partial charge in [0.15, 0.2) is 11.5 Å². The van der Waals surface area contributed by atoms with Gasteiger partial charge in [-0.2, -0.15) is 5.10 Å². The van der Waals surface area contributed by atoms with Crippen LogP contribution in [0.3, 0.4) is 0 Å². The molecule has 0 fully saturated rings. The van der Waals surface area contributed by atoms with Crippen molar-refractivity contribution in [2.75, 3.05) is 26.8 Å². The van der Waals surface area contributed by atoms with Gasteiger partial charge in [-0.1, -0.05) is 0 Å². The second kappa shape index (κ2) is 6.29. The molecule has 0 aliphatic carbocycles. The lowest BCUT2D eigenvalue weighted by Crippen LogP contribution is -2.13. The first kappa shape index (κ1) is 14.2. The molecule has 0 unspecified atom stereocenters. The molecule has 0 radical (unpaired) electrons. The molecule has 20 heavy (non-hydrogen) atoms. The van der Waals surface area contributed by atoms with Gasteiger partial charge in [-0.3, -0.25) is 5.10 Å². The molecule has 1 aromatic carbocycles. The standard InChI is InChI=1S/C12H16N4O3S/c1-17-9-4-8(5-10(18-2)11(9)19-3)6-14-16-7-13-15-12(16)20/h4-5,7,14H,6H2,1-3H3,(H,15,20). The molecule has 2 aromatic rings. The molecule has 0 amide bonds. The number of aromatic amines is 1. The van der Waals surface area contributed by atoms with Crippen molar-refractivity contribution in [2.24, 2.45) is 0 Å². The van der Waals surface area contributed by atoms with Gasteiger partial charge in [-0.25, -0.2) is 4.68 Å². The summed E-state index contributed by atoms with van der Waals surface area (Å²) in [5, 5.41) is 6.49. The highest BCUT2D eigenvalue weighted by Gasteiger charge is 2.12. The lowest BCUT2D eigenvalue weighted by Gasteiger charge is -2.14. The minimum Gasteiger partial charge on any atom is -0.493 e. The number of ether oxygens (including phenoxy) is 3. The number of methoxy groups -OCH3 is 3. The highest BCUT2D eigenvalue weighted by Crippen LogP contribution is 2.38. The fraction of sp³-hybridized carbons (Fsp3) is 0.333. The van der Waals surface area contributed by atoms with Crippen LogP contribution in [0.25, 0.3) is 0 Å². The lowest BCUT2D eigenvalue weighted by atomic mass is 10.2. The fourth-order valence-electron chi connectivity index (χ4n) is 1.77. The van der Waals surface area contributed by atoms with Crippen LogP contribution in [-0.2, 0) is 6.54 Å². The first-order valence-corrected chi connectivity index (χ1v) is 6.25. The molecule has 1 aromatic heterocycles. The third-order valence-corrected chi connectivity index (χ3v) is 3.02. The second-order valence-electron chi connectivity index (χ2n) is 3.90. The molecule has 2 N–H and O–H groups in total. The van der Waals surface area contributed by atoms with Gasteiger partial charge in [0.25, 0.3) is 0 Å². The van der Waals surface area contributed by atoms with Crippen molar-refractivity contribution < 1.29 is 14.2 Å². The Kier molecular flexibility index (Phi) is 4.46. The van der Waals surface area contributed by atoms with E-state index in [2.05, 4.69) is 15.6 Å². The van der Waals surface area contributed by atoms with Crippen LogP contribution in [0.15, 0.2) is 18.5 Å². The van der Waals surface area contributed by atoms with E-state index in [1.807, 2.05) is 12.1 Å². The molecule has 1 heterocycles. The van der Waals surface area contributed by atoms with Gasteiger partial charge >= 0.3 is 0 Å². The maximum atomic E-state index is 5.30. The highest BCUT2D eigenvalue weighted by atomic mass is 32.1. The van der Waals surface area contributed by atoms with Crippen LogP contribution >= 0.6 is 12.2 Å². The Labute approximate surface area is 121 Å². The van der Waals surface area contributed by atoms with Crippen LogP contribution < -0.4 is 19.6 Å². The first-order chi connectivity index (χ1) is 9.69. The molecule has 8 heteroatoms. The molecule has 0 spiro atoms. The number of nitrogens with zero attached hydrogens (tertiary/aromatic N) is 2. The molecular formula is C12H16N4O3S. The summed E-state index contributed by atoms with van der Waals surface area (Å²) >= 11 is 5.05. The smallest absolute Gasteiger partial charge is 0.214 e. The van der Waals surface area contributed by atoms with E-state index in [0.29, 0.717) is 28.6 Å². The monoisotopic (exact) mass is 296 g/mol. The lowest BCUT2D eigenvalue weighted by molar-refractivity contribution is 0.324. The molecule has 0 bridgehead atoms. The van der Waals surface area contributed by atoms with E-state index in [9.17, 15) is 0 Å². The Hall–Kier alpha value is -2.22. The number of hydrogen-bond donors (Lipinski definition) is 2. The molecule has 0 saturated heterocycles. The number of benzene rings is 1. The minimum absolute atomic E-state index is 0.498. The molecule has 0 saturated carbocycles. The summed E-state index contributed by atoms with van der Waals surface area (Å²) in [6.07, 6.45) is 1.57. The van der Waals surface area contributed by atoms with Crippen LogP contribution in [0.4, 0.5) is 0 Å². The topological polar surface area (TPSA) is 73.3 Å². The van der Waals surface area contributed by atoms with E-state index in [1.165, 1.54) is 0 Å². The molecule has 2 rings (SSSR count). The van der Waals surface area contributed by atoms with Crippen molar-refractivity contribution in [3.8, 4) is 17.2 Å². The Morgan fingerprint density at radius 2 is 1.85 bits per heavy atom. The number of hydrogen-bond acceptors (Lipinski definition) is 6. The zero-order chi connectivity index (χ0) is 14.5. The Morgan fingerprint density at radius 1 is 1.20 bits per heavy atom. The Bertz CT molecular complexity index is 613. The average molecular weight is 296 g/mol. The Balaban J connectivity index is 2.24. The summed E-state index contributed by atoms with van der Waals surface area (Å²) in [5.41, 5.74) is 4.08. The van der Waals surface area contributed by atoms with Crippen molar-refractivity contribution in [2.45, 2.75) is 6.54 Å². The van der Waals surface area contributed by atoms with Gasteiger partial charge in [0.05, 0.1) is 27.9 Å². The van der Waals surface area contributed by atoms with E-state index >= 15 is 0 Å². The number of nitrogens with one attached hydrogen (secondary N) is 2. The number of H-pyrrole nitrogens is 1. The van der Waals surface area contributed by atoms with Crippen LogP contribution in [0, 0.1) is 4.77 Å². The molecule has 0 aliphatic heterocycles. The summed E-state index contributed by atoms with van der Waals surface area (Å²) < 4.78 is 18.0. The number of aromatic nitrogens is 3. The Morgan fingerprint density at radius 3 is 2.30 bits per heavy atom. The van der Waals surface area contributed by atoms with Crippen molar-refractivity contribution in [3.05, 3.63) is 28.8 Å². The van der Waals surface area contributed by atoms with Gasteiger partial charge in [0, 0.05) is 0 Å². The predicted octanol–water partition coefficient (Wildman–Crippen LogP) is 1.71. The number of rotatable bonds is 6. The van der Waals surface area contributed by atoms with E-state index in [4.69, 9.17) is 26.4 Å². The quantitative estimate of drug-likeness (QED) is 0.791. The van der Waals surface area contributed by atoms with Gasteiger partial charge < -0.3 is 19.6 Å². The van der Waals surface area contributed by atoms with Gasteiger partial charge in [-0.05, 0) is 29.9 Å². The van der Waals surface area contributed by atoms with Gasteiger partial charge in [0.2, 0.25) is 10.5 Å². The highest BCUT2D eigenvalue weighted by molar-refractivity contribution is 7.71. The van der Waals surface area contributed by atoms with E-state index in [1.54, 1.807) is 32.3 Å². The zero-order valence-corrected chi connectivity index (χ0v) is 12.3. The van der Waals surface area contributed by atoms with Crippen LogP contribution in [-0.4, -0.2) is 36.2 Å². The van der Waals surface area contributed by atoms with Gasteiger partial charge in [0.1, 0.15) is 6.33 Å². The normalized spacial score (nSPS) is 10.2. The minimum atomic E-state index is 0.498. The maximum absolute atomic E-state index is 5.30. The third-order valence-electron chi connectivity index (χ3n) is 2.73. The van der Waals surface area contributed by atoms with E-state index in [0.717, 1.165) is 5.56 Å². The fourth-order valence-corrected chi connectivity index (χ4v) is 1.94. The molecule has 108 valence electrons.